The molecule has 0 N–H and O–H groups in total. The summed E-state index contributed by atoms with van der Waals surface area (Å²) in [6, 6.07) is 3.17. The van der Waals surface area contributed by atoms with Crippen LogP contribution in [-0.4, -0.2) is 9.97 Å². The first kappa shape index (κ1) is 15.3. The molecule has 1 aromatic heterocycles. The van der Waals surface area contributed by atoms with Crippen LogP contribution in [0.1, 0.15) is 19.5 Å². The molecule has 0 unspecified atom stereocenters. The van der Waals surface area contributed by atoms with E-state index < -0.39 is 11.6 Å². The standard InChI is InChI=1S/C14H12BrClF2N2/c1-7(2)3-11-12(15)13(16)20-14(19-11)8-4-9(17)6-10(18)5-8/h4-7H,3H2,1-2H3. The lowest BCUT2D eigenvalue weighted by molar-refractivity contribution is 0.583. The van der Waals surface area contributed by atoms with Gasteiger partial charge in [-0.2, -0.15) is 0 Å². The molecule has 20 heavy (non-hydrogen) atoms. The molecule has 0 saturated heterocycles. The molecular weight excluding hydrogens is 350 g/mol. The molecular formula is C14H12BrClF2N2. The van der Waals surface area contributed by atoms with E-state index in [0.29, 0.717) is 16.8 Å². The number of nitrogens with zero attached hydrogens (tertiary/aromatic N) is 2. The molecule has 1 heterocycles. The number of rotatable bonds is 3. The zero-order valence-corrected chi connectivity index (χ0v) is 13.3. The third-order valence-electron chi connectivity index (χ3n) is 2.60. The van der Waals surface area contributed by atoms with Crippen molar-refractivity contribution < 1.29 is 8.78 Å². The van der Waals surface area contributed by atoms with Gasteiger partial charge in [-0.3, -0.25) is 0 Å². The Kier molecular flexibility index (Phi) is 4.70. The van der Waals surface area contributed by atoms with E-state index in [9.17, 15) is 8.78 Å². The zero-order valence-electron chi connectivity index (χ0n) is 10.9. The summed E-state index contributed by atoms with van der Waals surface area (Å²) < 4.78 is 27.2. The maximum Gasteiger partial charge on any atom is 0.161 e. The van der Waals surface area contributed by atoms with Crippen LogP contribution in [0.2, 0.25) is 5.15 Å². The first-order chi connectivity index (χ1) is 9.36. The van der Waals surface area contributed by atoms with Crippen LogP contribution in [0, 0.1) is 17.6 Å². The summed E-state index contributed by atoms with van der Waals surface area (Å²) in [5.74, 6) is -0.761. The molecule has 0 aliphatic carbocycles. The van der Waals surface area contributed by atoms with E-state index in [2.05, 4.69) is 25.9 Å². The van der Waals surface area contributed by atoms with E-state index in [1.165, 1.54) is 12.1 Å². The molecule has 2 rings (SSSR count). The lowest BCUT2D eigenvalue weighted by atomic mass is 10.1. The summed E-state index contributed by atoms with van der Waals surface area (Å²) in [5, 5.41) is 0.232. The van der Waals surface area contributed by atoms with Gasteiger partial charge in [0.05, 0.1) is 10.2 Å². The van der Waals surface area contributed by atoms with E-state index >= 15 is 0 Å². The van der Waals surface area contributed by atoms with Gasteiger partial charge < -0.3 is 0 Å². The SMILES string of the molecule is CC(C)Cc1nc(-c2cc(F)cc(F)c2)nc(Cl)c1Br. The molecule has 0 bridgehead atoms. The van der Waals surface area contributed by atoms with Gasteiger partial charge in [0.15, 0.2) is 5.82 Å². The van der Waals surface area contributed by atoms with Crippen molar-refractivity contribution in [3.63, 3.8) is 0 Å². The Morgan fingerprint density at radius 1 is 1.15 bits per heavy atom. The lowest BCUT2D eigenvalue weighted by Gasteiger charge is -2.10. The summed E-state index contributed by atoms with van der Waals surface area (Å²) in [6.45, 7) is 4.09. The first-order valence-electron chi connectivity index (χ1n) is 6.05. The summed E-state index contributed by atoms with van der Waals surface area (Å²) in [4.78, 5) is 8.42. The molecule has 0 spiro atoms. The monoisotopic (exact) mass is 360 g/mol. The summed E-state index contributed by atoms with van der Waals surface area (Å²) in [6.07, 6.45) is 0.688. The highest BCUT2D eigenvalue weighted by atomic mass is 79.9. The van der Waals surface area contributed by atoms with E-state index in [1.807, 2.05) is 13.8 Å². The lowest BCUT2D eigenvalue weighted by Crippen LogP contribution is -2.03. The highest BCUT2D eigenvalue weighted by molar-refractivity contribution is 9.10. The summed E-state index contributed by atoms with van der Waals surface area (Å²) in [5.41, 5.74) is 0.988. The van der Waals surface area contributed by atoms with Crippen molar-refractivity contribution in [3.8, 4) is 11.4 Å². The molecule has 0 aliphatic rings. The predicted octanol–water partition coefficient (Wildman–Crippen LogP) is 5.04. The van der Waals surface area contributed by atoms with Gasteiger partial charge in [-0.05, 0) is 40.4 Å². The number of benzene rings is 1. The van der Waals surface area contributed by atoms with Crippen molar-refractivity contribution in [1.82, 2.24) is 9.97 Å². The van der Waals surface area contributed by atoms with Crippen LogP contribution in [-0.2, 0) is 6.42 Å². The minimum absolute atomic E-state index is 0.215. The van der Waals surface area contributed by atoms with Crippen LogP contribution >= 0.6 is 27.5 Å². The second kappa shape index (κ2) is 6.14. The van der Waals surface area contributed by atoms with Crippen LogP contribution < -0.4 is 0 Å². The van der Waals surface area contributed by atoms with Gasteiger partial charge in [-0.1, -0.05) is 25.4 Å². The van der Waals surface area contributed by atoms with Gasteiger partial charge >= 0.3 is 0 Å². The molecule has 1 aromatic carbocycles. The van der Waals surface area contributed by atoms with E-state index in [1.54, 1.807) is 0 Å². The maximum atomic E-state index is 13.3. The minimum Gasteiger partial charge on any atom is -0.232 e. The van der Waals surface area contributed by atoms with Gasteiger partial charge in [0.2, 0.25) is 0 Å². The van der Waals surface area contributed by atoms with Gasteiger partial charge in [0, 0.05) is 11.6 Å². The molecule has 0 fully saturated rings. The van der Waals surface area contributed by atoms with Crippen molar-refractivity contribution in [2.75, 3.05) is 0 Å². The molecule has 0 radical (unpaired) electrons. The second-order valence-corrected chi connectivity index (χ2v) is 6.01. The Bertz CT molecular complexity index is 627. The van der Waals surface area contributed by atoms with Crippen LogP contribution in [0.3, 0.4) is 0 Å². The third kappa shape index (κ3) is 3.52. The summed E-state index contributed by atoms with van der Waals surface area (Å²) in [7, 11) is 0. The fraction of sp³-hybridized carbons (Fsp3) is 0.286. The van der Waals surface area contributed by atoms with Gasteiger partial charge in [0.1, 0.15) is 16.8 Å². The topological polar surface area (TPSA) is 25.8 Å². The highest BCUT2D eigenvalue weighted by Crippen LogP contribution is 2.29. The number of hydrogen-bond donors (Lipinski definition) is 0. The number of hydrogen-bond acceptors (Lipinski definition) is 2. The Hall–Kier alpha value is -1.07. The molecule has 106 valence electrons. The minimum atomic E-state index is -0.673. The molecule has 0 amide bonds. The van der Waals surface area contributed by atoms with Crippen molar-refractivity contribution in [2.24, 2.45) is 5.92 Å². The molecule has 0 saturated carbocycles. The fourth-order valence-electron chi connectivity index (χ4n) is 1.80. The van der Waals surface area contributed by atoms with E-state index in [-0.39, 0.29) is 16.5 Å². The fourth-order valence-corrected chi connectivity index (χ4v) is 2.33. The smallest absolute Gasteiger partial charge is 0.161 e. The molecule has 0 aliphatic heterocycles. The Morgan fingerprint density at radius 3 is 2.30 bits per heavy atom. The average molecular weight is 362 g/mol. The van der Waals surface area contributed by atoms with Crippen LogP contribution in [0.5, 0.6) is 0 Å². The third-order valence-corrected chi connectivity index (χ3v) is 3.94. The Balaban J connectivity index is 2.54. The summed E-state index contributed by atoms with van der Waals surface area (Å²) >= 11 is 9.39. The normalized spacial score (nSPS) is 11.2. The average Bonchev–Trinajstić information content (AvgIpc) is 2.32. The largest absolute Gasteiger partial charge is 0.232 e. The second-order valence-electron chi connectivity index (χ2n) is 4.85. The highest BCUT2D eigenvalue weighted by Gasteiger charge is 2.14. The number of halogens is 4. The van der Waals surface area contributed by atoms with E-state index in [4.69, 9.17) is 11.6 Å². The molecule has 6 heteroatoms. The quantitative estimate of drug-likeness (QED) is 0.716. The maximum absolute atomic E-state index is 13.3. The predicted molar refractivity (Wildman–Crippen MR) is 78.6 cm³/mol. The van der Waals surface area contributed by atoms with Gasteiger partial charge in [0.25, 0.3) is 0 Å². The van der Waals surface area contributed by atoms with Crippen molar-refractivity contribution >= 4 is 27.5 Å². The zero-order chi connectivity index (χ0) is 14.9. The molecule has 2 aromatic rings. The first-order valence-corrected chi connectivity index (χ1v) is 7.22. The van der Waals surface area contributed by atoms with Crippen molar-refractivity contribution in [2.45, 2.75) is 20.3 Å². The molecule has 2 nitrogen and oxygen atoms in total. The Morgan fingerprint density at radius 2 is 1.75 bits per heavy atom. The van der Waals surface area contributed by atoms with Crippen LogP contribution in [0.25, 0.3) is 11.4 Å². The number of aromatic nitrogens is 2. The van der Waals surface area contributed by atoms with Crippen LogP contribution in [0.15, 0.2) is 22.7 Å². The van der Waals surface area contributed by atoms with Crippen molar-refractivity contribution in [1.29, 1.82) is 0 Å². The van der Waals surface area contributed by atoms with Crippen molar-refractivity contribution in [3.05, 3.63) is 45.2 Å². The van der Waals surface area contributed by atoms with Crippen LogP contribution in [0.4, 0.5) is 8.78 Å². The van der Waals surface area contributed by atoms with E-state index in [0.717, 1.165) is 11.8 Å². The van der Waals surface area contributed by atoms with Gasteiger partial charge in [-0.25, -0.2) is 18.7 Å². The molecule has 0 atom stereocenters. The Labute approximate surface area is 129 Å². The van der Waals surface area contributed by atoms with Gasteiger partial charge in [-0.15, -0.1) is 0 Å².